The molecule has 1 aromatic rings. The van der Waals surface area contributed by atoms with Crippen LogP contribution in [-0.2, 0) is 0 Å². The predicted molar refractivity (Wildman–Crippen MR) is 64.0 cm³/mol. The molecule has 1 saturated heterocycles. The van der Waals surface area contributed by atoms with Crippen LogP contribution in [0.4, 0.5) is 0 Å². The quantitative estimate of drug-likeness (QED) is 0.774. The van der Waals surface area contributed by atoms with Crippen molar-refractivity contribution in [1.29, 1.82) is 0 Å². The van der Waals surface area contributed by atoms with E-state index in [1.54, 1.807) is 0 Å². The second kappa shape index (κ2) is 4.89. The maximum absolute atomic E-state index is 6.25. The molecule has 0 spiro atoms. The van der Waals surface area contributed by atoms with Crippen molar-refractivity contribution in [2.24, 2.45) is 5.73 Å². The van der Waals surface area contributed by atoms with Gasteiger partial charge in [0.05, 0.1) is 11.7 Å². The molecule has 1 aliphatic heterocycles. The normalized spacial score (nSPS) is 27.7. The third-order valence-electron chi connectivity index (χ3n) is 3.28. The van der Waals surface area contributed by atoms with Crippen LogP contribution in [0.2, 0.25) is 0 Å². The number of aromatic nitrogens is 2. The molecule has 2 heterocycles. The van der Waals surface area contributed by atoms with Gasteiger partial charge in [-0.25, -0.2) is 9.97 Å². The van der Waals surface area contributed by atoms with E-state index in [9.17, 15) is 0 Å². The van der Waals surface area contributed by atoms with Crippen LogP contribution in [0.1, 0.15) is 36.8 Å². The van der Waals surface area contributed by atoms with Gasteiger partial charge in [0.25, 0.3) is 0 Å². The van der Waals surface area contributed by atoms with Gasteiger partial charge in [-0.2, -0.15) is 0 Å². The third kappa shape index (κ3) is 2.39. The van der Waals surface area contributed by atoms with Crippen LogP contribution in [-0.4, -0.2) is 34.5 Å². The van der Waals surface area contributed by atoms with Crippen molar-refractivity contribution < 1.29 is 0 Å². The number of hydrogen-bond donors (Lipinski definition) is 1. The Balaban J connectivity index is 2.28. The molecule has 0 radical (unpaired) electrons. The van der Waals surface area contributed by atoms with Gasteiger partial charge in [-0.1, -0.05) is 6.42 Å². The van der Waals surface area contributed by atoms with Crippen LogP contribution < -0.4 is 5.73 Å². The van der Waals surface area contributed by atoms with Gasteiger partial charge in [0.2, 0.25) is 0 Å². The smallest absolute Gasteiger partial charge is 0.125 e. The predicted octanol–water partition coefficient (Wildman–Crippen LogP) is 1.27. The van der Waals surface area contributed by atoms with Crippen LogP contribution in [0, 0.1) is 6.92 Å². The Morgan fingerprint density at radius 1 is 1.44 bits per heavy atom. The molecule has 4 heteroatoms. The molecule has 2 unspecified atom stereocenters. The van der Waals surface area contributed by atoms with E-state index < -0.39 is 0 Å². The minimum absolute atomic E-state index is 0.182. The molecule has 88 valence electrons. The van der Waals surface area contributed by atoms with E-state index in [4.69, 9.17) is 5.73 Å². The molecule has 4 nitrogen and oxygen atoms in total. The zero-order valence-corrected chi connectivity index (χ0v) is 10.1. The monoisotopic (exact) mass is 220 g/mol. The second-order valence-electron chi connectivity index (χ2n) is 4.61. The van der Waals surface area contributed by atoms with Gasteiger partial charge in [-0.3, -0.25) is 4.90 Å². The Bertz CT molecular complexity index is 341. The van der Waals surface area contributed by atoms with Crippen molar-refractivity contribution in [3.05, 3.63) is 23.8 Å². The van der Waals surface area contributed by atoms with Crippen molar-refractivity contribution >= 4 is 0 Å². The van der Waals surface area contributed by atoms with Gasteiger partial charge in [-0.05, 0) is 39.4 Å². The highest BCUT2D eigenvalue weighted by Crippen LogP contribution is 2.26. The number of likely N-dealkylation sites (tertiary alicyclic amines) is 1. The topological polar surface area (TPSA) is 55.0 Å². The summed E-state index contributed by atoms with van der Waals surface area (Å²) in [5, 5.41) is 0. The summed E-state index contributed by atoms with van der Waals surface area (Å²) in [6.45, 7) is 3.02. The van der Waals surface area contributed by atoms with E-state index in [1.165, 1.54) is 12.8 Å². The minimum Gasteiger partial charge on any atom is -0.326 e. The lowest BCUT2D eigenvalue weighted by atomic mass is 10.0. The molecule has 2 atom stereocenters. The van der Waals surface area contributed by atoms with Crippen molar-refractivity contribution in [3.63, 3.8) is 0 Å². The summed E-state index contributed by atoms with van der Waals surface area (Å²) in [6, 6.07) is 2.41. The molecule has 0 aliphatic carbocycles. The van der Waals surface area contributed by atoms with Gasteiger partial charge in [0.15, 0.2) is 0 Å². The highest BCUT2D eigenvalue weighted by atomic mass is 15.2. The fourth-order valence-electron chi connectivity index (χ4n) is 2.45. The van der Waals surface area contributed by atoms with Gasteiger partial charge < -0.3 is 5.73 Å². The highest BCUT2D eigenvalue weighted by molar-refractivity contribution is 5.10. The maximum Gasteiger partial charge on any atom is 0.125 e. The van der Waals surface area contributed by atoms with Crippen molar-refractivity contribution in [2.45, 2.75) is 38.3 Å². The average Bonchev–Trinajstić information content (AvgIpc) is 2.40. The SMILES string of the molecule is Cc1nccc(C2C(N)CCCCN2C)n1. The molecule has 0 aromatic carbocycles. The Kier molecular flexibility index (Phi) is 3.51. The second-order valence-corrected chi connectivity index (χ2v) is 4.61. The van der Waals surface area contributed by atoms with E-state index in [0.717, 1.165) is 24.5 Å². The number of nitrogens with zero attached hydrogens (tertiary/aromatic N) is 3. The van der Waals surface area contributed by atoms with Crippen molar-refractivity contribution in [2.75, 3.05) is 13.6 Å². The van der Waals surface area contributed by atoms with Gasteiger partial charge >= 0.3 is 0 Å². The van der Waals surface area contributed by atoms with Gasteiger partial charge in [0, 0.05) is 12.2 Å². The van der Waals surface area contributed by atoms with Gasteiger partial charge in [0.1, 0.15) is 5.82 Å². The standard InChI is InChI=1S/C12H20N4/c1-9-14-7-6-11(15-9)12-10(13)5-3-4-8-16(12)2/h6-7,10,12H,3-5,8,13H2,1-2H3. The summed E-state index contributed by atoms with van der Waals surface area (Å²) in [6.07, 6.45) is 5.35. The number of rotatable bonds is 1. The van der Waals surface area contributed by atoms with Crippen LogP contribution >= 0.6 is 0 Å². The Morgan fingerprint density at radius 2 is 2.25 bits per heavy atom. The zero-order chi connectivity index (χ0) is 11.5. The van der Waals surface area contributed by atoms with Crippen molar-refractivity contribution in [1.82, 2.24) is 14.9 Å². The lowest BCUT2D eigenvalue weighted by Gasteiger charge is -2.29. The van der Waals surface area contributed by atoms with E-state index in [0.29, 0.717) is 0 Å². The summed E-state index contributed by atoms with van der Waals surface area (Å²) >= 11 is 0. The molecule has 0 bridgehead atoms. The lowest BCUT2D eigenvalue weighted by molar-refractivity contribution is 0.225. The van der Waals surface area contributed by atoms with E-state index in [1.807, 2.05) is 19.2 Å². The van der Waals surface area contributed by atoms with Crippen LogP contribution in [0.3, 0.4) is 0 Å². The fourth-order valence-corrected chi connectivity index (χ4v) is 2.45. The first-order valence-corrected chi connectivity index (χ1v) is 5.94. The molecule has 2 rings (SSSR count). The summed E-state index contributed by atoms with van der Waals surface area (Å²) in [5.41, 5.74) is 7.31. The lowest BCUT2D eigenvalue weighted by Crippen LogP contribution is -2.38. The van der Waals surface area contributed by atoms with E-state index in [2.05, 4.69) is 21.9 Å². The number of likely N-dealkylation sites (N-methyl/N-ethyl adjacent to an activating group) is 1. The molecule has 1 aromatic heterocycles. The first-order valence-electron chi connectivity index (χ1n) is 5.94. The van der Waals surface area contributed by atoms with E-state index >= 15 is 0 Å². The largest absolute Gasteiger partial charge is 0.326 e. The maximum atomic E-state index is 6.25. The highest BCUT2D eigenvalue weighted by Gasteiger charge is 2.27. The van der Waals surface area contributed by atoms with Crippen molar-refractivity contribution in [3.8, 4) is 0 Å². The Labute approximate surface area is 96.9 Å². The zero-order valence-electron chi connectivity index (χ0n) is 10.1. The molecule has 1 aliphatic rings. The third-order valence-corrected chi connectivity index (χ3v) is 3.28. The average molecular weight is 220 g/mol. The molecule has 2 N–H and O–H groups in total. The number of hydrogen-bond acceptors (Lipinski definition) is 4. The molecular formula is C12H20N4. The minimum atomic E-state index is 0.182. The van der Waals surface area contributed by atoms with Gasteiger partial charge in [-0.15, -0.1) is 0 Å². The molecular weight excluding hydrogens is 200 g/mol. The summed E-state index contributed by atoms with van der Waals surface area (Å²) in [7, 11) is 2.13. The summed E-state index contributed by atoms with van der Waals surface area (Å²) in [4.78, 5) is 11.0. The molecule has 0 saturated carbocycles. The first-order chi connectivity index (χ1) is 7.68. The molecule has 1 fully saturated rings. The summed E-state index contributed by atoms with van der Waals surface area (Å²) in [5.74, 6) is 0.822. The summed E-state index contributed by atoms with van der Waals surface area (Å²) < 4.78 is 0. The number of aryl methyl sites for hydroxylation is 1. The molecule has 16 heavy (non-hydrogen) atoms. The Morgan fingerprint density at radius 3 is 3.00 bits per heavy atom. The fraction of sp³-hybridized carbons (Fsp3) is 0.667. The molecule has 0 amide bonds. The van der Waals surface area contributed by atoms with Crippen LogP contribution in [0.15, 0.2) is 12.3 Å². The van der Waals surface area contributed by atoms with Crippen LogP contribution in [0.25, 0.3) is 0 Å². The number of nitrogens with two attached hydrogens (primary N) is 1. The van der Waals surface area contributed by atoms with E-state index in [-0.39, 0.29) is 12.1 Å². The van der Waals surface area contributed by atoms with Crippen LogP contribution in [0.5, 0.6) is 0 Å². The first kappa shape index (κ1) is 11.5. The Hall–Kier alpha value is -1.00.